The minimum atomic E-state index is 0.764. The van der Waals surface area contributed by atoms with Gasteiger partial charge in [0.05, 0.1) is 6.61 Å². The monoisotopic (exact) mass is 171 g/mol. The maximum atomic E-state index is 5.26. The molecule has 0 bridgehead atoms. The summed E-state index contributed by atoms with van der Waals surface area (Å²) in [7, 11) is 0. The number of ether oxygens (including phenoxy) is 1. The molecule has 0 unspecified atom stereocenters. The lowest BCUT2D eigenvalue weighted by atomic mass is 10.1. The van der Waals surface area contributed by atoms with Crippen LogP contribution in [0.3, 0.4) is 0 Å². The van der Waals surface area contributed by atoms with Gasteiger partial charge in [-0.25, -0.2) is 0 Å². The summed E-state index contributed by atoms with van der Waals surface area (Å²) >= 11 is 0. The maximum Gasteiger partial charge on any atom is 0.0590 e. The number of hydrogen-bond donors (Lipinski definition) is 1. The molecular formula is C10H21NO. The van der Waals surface area contributed by atoms with Gasteiger partial charge >= 0.3 is 0 Å². The van der Waals surface area contributed by atoms with Crippen LogP contribution < -0.4 is 5.32 Å². The van der Waals surface area contributed by atoms with E-state index in [4.69, 9.17) is 4.74 Å². The van der Waals surface area contributed by atoms with Crippen molar-refractivity contribution in [1.29, 1.82) is 0 Å². The van der Waals surface area contributed by atoms with Crippen molar-refractivity contribution in [1.82, 2.24) is 5.32 Å². The van der Waals surface area contributed by atoms with Crippen LogP contribution in [-0.2, 0) is 4.74 Å². The summed E-state index contributed by atoms with van der Waals surface area (Å²) in [5.74, 6) is 0.926. The fourth-order valence-electron chi connectivity index (χ4n) is 1.87. The fourth-order valence-corrected chi connectivity index (χ4v) is 1.87. The van der Waals surface area contributed by atoms with Gasteiger partial charge in [0, 0.05) is 19.2 Å². The molecule has 0 aromatic heterocycles. The SMILES string of the molecule is CCOCCN[C@@H]1CC[C@H](C)C1. The Balaban J connectivity index is 1.93. The van der Waals surface area contributed by atoms with Crippen LogP contribution in [0.2, 0.25) is 0 Å². The Kier molecular flexibility index (Phi) is 4.62. The van der Waals surface area contributed by atoms with E-state index in [-0.39, 0.29) is 0 Å². The molecule has 0 aromatic carbocycles. The van der Waals surface area contributed by atoms with Crippen LogP contribution in [0.5, 0.6) is 0 Å². The summed E-state index contributed by atoms with van der Waals surface area (Å²) in [6, 6.07) is 0.764. The zero-order valence-electron chi connectivity index (χ0n) is 8.31. The molecule has 1 aliphatic carbocycles. The molecule has 0 aromatic rings. The molecule has 0 aliphatic heterocycles. The summed E-state index contributed by atoms with van der Waals surface area (Å²) in [4.78, 5) is 0. The van der Waals surface area contributed by atoms with Crippen molar-refractivity contribution >= 4 is 0 Å². The predicted octanol–water partition coefficient (Wildman–Crippen LogP) is 1.80. The van der Waals surface area contributed by atoms with E-state index in [1.54, 1.807) is 0 Å². The molecule has 1 aliphatic rings. The van der Waals surface area contributed by atoms with Crippen LogP contribution >= 0.6 is 0 Å². The number of nitrogens with one attached hydrogen (secondary N) is 1. The predicted molar refractivity (Wildman–Crippen MR) is 51.3 cm³/mol. The summed E-state index contributed by atoms with van der Waals surface area (Å²) in [5, 5.41) is 3.52. The van der Waals surface area contributed by atoms with Crippen molar-refractivity contribution in [2.75, 3.05) is 19.8 Å². The van der Waals surface area contributed by atoms with Crippen LogP contribution in [0.4, 0.5) is 0 Å². The van der Waals surface area contributed by atoms with E-state index in [0.29, 0.717) is 0 Å². The first-order valence-electron chi connectivity index (χ1n) is 5.14. The van der Waals surface area contributed by atoms with Gasteiger partial charge in [0.25, 0.3) is 0 Å². The van der Waals surface area contributed by atoms with Crippen molar-refractivity contribution in [3.63, 3.8) is 0 Å². The number of hydrogen-bond acceptors (Lipinski definition) is 2. The summed E-state index contributed by atoms with van der Waals surface area (Å²) < 4.78 is 5.26. The van der Waals surface area contributed by atoms with Gasteiger partial charge in [0.2, 0.25) is 0 Å². The highest BCUT2D eigenvalue weighted by Gasteiger charge is 2.19. The Morgan fingerprint density at radius 3 is 2.83 bits per heavy atom. The first-order chi connectivity index (χ1) is 5.83. The standard InChI is InChI=1S/C10H21NO/c1-3-12-7-6-11-10-5-4-9(2)8-10/h9-11H,3-8H2,1-2H3/t9-,10+/m0/s1. The minimum absolute atomic E-state index is 0.764. The van der Waals surface area contributed by atoms with Crippen molar-refractivity contribution in [2.45, 2.75) is 39.2 Å². The number of rotatable bonds is 5. The Morgan fingerprint density at radius 2 is 2.25 bits per heavy atom. The van der Waals surface area contributed by atoms with Crippen molar-refractivity contribution in [3.05, 3.63) is 0 Å². The lowest BCUT2D eigenvalue weighted by Gasteiger charge is -2.11. The largest absolute Gasteiger partial charge is 0.380 e. The fraction of sp³-hybridized carbons (Fsp3) is 1.00. The molecule has 2 nitrogen and oxygen atoms in total. The molecule has 72 valence electrons. The lowest BCUT2D eigenvalue weighted by Crippen LogP contribution is -2.29. The molecule has 0 spiro atoms. The Labute approximate surface area is 75.7 Å². The van der Waals surface area contributed by atoms with Crippen LogP contribution in [0.1, 0.15) is 33.1 Å². The Bertz CT molecular complexity index is 116. The second-order valence-corrected chi connectivity index (χ2v) is 3.77. The molecule has 2 heteroatoms. The van der Waals surface area contributed by atoms with E-state index in [0.717, 1.165) is 31.7 Å². The molecule has 2 atom stereocenters. The molecule has 0 amide bonds. The average molecular weight is 171 g/mol. The Morgan fingerprint density at radius 1 is 1.42 bits per heavy atom. The van der Waals surface area contributed by atoms with Gasteiger partial charge in [0.15, 0.2) is 0 Å². The van der Waals surface area contributed by atoms with Crippen molar-refractivity contribution in [2.24, 2.45) is 5.92 Å². The smallest absolute Gasteiger partial charge is 0.0590 e. The topological polar surface area (TPSA) is 21.3 Å². The van der Waals surface area contributed by atoms with Gasteiger partial charge in [-0.15, -0.1) is 0 Å². The van der Waals surface area contributed by atoms with Crippen molar-refractivity contribution in [3.8, 4) is 0 Å². The molecular weight excluding hydrogens is 150 g/mol. The zero-order valence-corrected chi connectivity index (χ0v) is 8.31. The highest BCUT2D eigenvalue weighted by atomic mass is 16.5. The summed E-state index contributed by atoms with van der Waals surface area (Å²) in [6.07, 6.45) is 4.10. The normalized spacial score (nSPS) is 29.5. The molecule has 1 fully saturated rings. The van der Waals surface area contributed by atoms with Crippen molar-refractivity contribution < 1.29 is 4.74 Å². The summed E-state index contributed by atoms with van der Waals surface area (Å²) in [5.41, 5.74) is 0. The van der Waals surface area contributed by atoms with E-state index < -0.39 is 0 Å². The highest BCUT2D eigenvalue weighted by Crippen LogP contribution is 2.24. The molecule has 0 saturated heterocycles. The van der Waals surface area contributed by atoms with E-state index in [1.165, 1.54) is 19.3 Å². The zero-order chi connectivity index (χ0) is 8.81. The second kappa shape index (κ2) is 5.55. The average Bonchev–Trinajstić information content (AvgIpc) is 2.45. The quantitative estimate of drug-likeness (QED) is 0.637. The molecule has 12 heavy (non-hydrogen) atoms. The molecule has 1 saturated carbocycles. The highest BCUT2D eigenvalue weighted by molar-refractivity contribution is 4.77. The van der Waals surface area contributed by atoms with E-state index in [9.17, 15) is 0 Å². The third kappa shape index (κ3) is 3.55. The van der Waals surface area contributed by atoms with E-state index in [2.05, 4.69) is 12.2 Å². The van der Waals surface area contributed by atoms with Crippen LogP contribution in [0.25, 0.3) is 0 Å². The first-order valence-corrected chi connectivity index (χ1v) is 5.14. The van der Waals surface area contributed by atoms with Crippen LogP contribution in [-0.4, -0.2) is 25.8 Å². The van der Waals surface area contributed by atoms with Gasteiger partial charge < -0.3 is 10.1 Å². The molecule has 0 radical (unpaired) electrons. The molecule has 1 N–H and O–H groups in total. The van der Waals surface area contributed by atoms with Gasteiger partial charge in [-0.1, -0.05) is 6.92 Å². The first kappa shape index (κ1) is 10.0. The van der Waals surface area contributed by atoms with Gasteiger partial charge in [-0.2, -0.15) is 0 Å². The summed E-state index contributed by atoms with van der Waals surface area (Å²) in [6.45, 7) is 7.09. The maximum absolute atomic E-state index is 5.26. The molecule has 1 rings (SSSR count). The lowest BCUT2D eigenvalue weighted by molar-refractivity contribution is 0.147. The van der Waals surface area contributed by atoms with E-state index in [1.807, 2.05) is 6.92 Å². The Hall–Kier alpha value is -0.0800. The van der Waals surface area contributed by atoms with Gasteiger partial charge in [-0.05, 0) is 32.1 Å². The second-order valence-electron chi connectivity index (χ2n) is 3.77. The third-order valence-electron chi connectivity index (χ3n) is 2.58. The van der Waals surface area contributed by atoms with E-state index >= 15 is 0 Å². The molecule has 0 heterocycles. The van der Waals surface area contributed by atoms with Gasteiger partial charge in [0.1, 0.15) is 0 Å². The minimum Gasteiger partial charge on any atom is -0.380 e. The third-order valence-corrected chi connectivity index (χ3v) is 2.58. The van der Waals surface area contributed by atoms with Gasteiger partial charge in [-0.3, -0.25) is 0 Å². The van der Waals surface area contributed by atoms with Crippen LogP contribution in [0, 0.1) is 5.92 Å². The van der Waals surface area contributed by atoms with Crippen LogP contribution in [0.15, 0.2) is 0 Å².